The smallest absolute Gasteiger partial charge is 0.231 e. The highest BCUT2D eigenvalue weighted by molar-refractivity contribution is 5.77. The lowest BCUT2D eigenvalue weighted by atomic mass is 9.76. The van der Waals surface area contributed by atoms with E-state index < -0.39 is 0 Å². The highest BCUT2D eigenvalue weighted by Crippen LogP contribution is 2.38. The van der Waals surface area contributed by atoms with Crippen LogP contribution in [-0.2, 0) is 16.0 Å². The fourth-order valence-corrected chi connectivity index (χ4v) is 3.98. The molecule has 25 heavy (non-hydrogen) atoms. The molecule has 1 atom stereocenters. The number of fused-ring (bicyclic) bond motifs is 1. The van der Waals surface area contributed by atoms with Gasteiger partial charge in [-0.15, -0.1) is 0 Å². The maximum atomic E-state index is 12.4. The summed E-state index contributed by atoms with van der Waals surface area (Å²) in [5, 5.41) is 0. The molecule has 0 spiro atoms. The molecule has 1 saturated heterocycles. The Hall–Kier alpha value is -1.75. The first-order valence-corrected chi connectivity index (χ1v) is 8.96. The van der Waals surface area contributed by atoms with Crippen LogP contribution < -0.4 is 9.47 Å². The minimum atomic E-state index is -0.0403. The van der Waals surface area contributed by atoms with Crippen LogP contribution in [0.2, 0.25) is 0 Å². The van der Waals surface area contributed by atoms with Gasteiger partial charge in [0.25, 0.3) is 0 Å². The predicted octanol–water partition coefficient (Wildman–Crippen LogP) is 3.26. The van der Waals surface area contributed by atoms with Crippen LogP contribution in [0.25, 0.3) is 0 Å². The molecule has 3 rings (SSSR count). The summed E-state index contributed by atoms with van der Waals surface area (Å²) < 4.78 is 16.2. The summed E-state index contributed by atoms with van der Waals surface area (Å²) in [4.78, 5) is 14.4. The van der Waals surface area contributed by atoms with Crippen LogP contribution in [0.1, 0.15) is 39.2 Å². The van der Waals surface area contributed by atoms with E-state index in [0.29, 0.717) is 19.8 Å². The molecule has 0 radical (unpaired) electrons. The topological polar surface area (TPSA) is 48.0 Å². The van der Waals surface area contributed by atoms with Crippen molar-refractivity contribution >= 4 is 5.91 Å². The van der Waals surface area contributed by atoms with Gasteiger partial charge in [-0.25, -0.2) is 0 Å². The maximum absolute atomic E-state index is 12.4. The zero-order valence-corrected chi connectivity index (χ0v) is 15.8. The van der Waals surface area contributed by atoms with Crippen molar-refractivity contribution in [2.75, 3.05) is 33.6 Å². The van der Waals surface area contributed by atoms with Crippen molar-refractivity contribution in [2.24, 2.45) is 10.8 Å². The van der Waals surface area contributed by atoms with E-state index in [-0.39, 0.29) is 16.7 Å². The van der Waals surface area contributed by atoms with Gasteiger partial charge in [0.05, 0.1) is 6.61 Å². The van der Waals surface area contributed by atoms with E-state index in [1.165, 1.54) is 5.56 Å². The molecule has 0 aliphatic carbocycles. The third-order valence-electron chi connectivity index (χ3n) is 5.09. The zero-order chi connectivity index (χ0) is 18.1. The number of piperidine rings is 1. The quantitative estimate of drug-likeness (QED) is 0.792. The van der Waals surface area contributed by atoms with E-state index >= 15 is 0 Å². The molecule has 0 N–H and O–H groups in total. The van der Waals surface area contributed by atoms with Crippen molar-refractivity contribution < 1.29 is 19.0 Å². The standard InChI is InChI=1S/C20H29NO4/c1-19(2,13-23-4)11-21-12-20(3,8-7-18(21)22)10-15-5-6-16-17(9-15)25-14-24-16/h5-6,9H,7-8,10-14H2,1-4H3/t20-/m1/s1. The second kappa shape index (κ2) is 6.87. The summed E-state index contributed by atoms with van der Waals surface area (Å²) >= 11 is 0. The highest BCUT2D eigenvalue weighted by Gasteiger charge is 2.37. The molecule has 0 aromatic heterocycles. The molecule has 0 unspecified atom stereocenters. The van der Waals surface area contributed by atoms with Gasteiger partial charge in [0.15, 0.2) is 11.5 Å². The van der Waals surface area contributed by atoms with Crippen molar-refractivity contribution in [2.45, 2.75) is 40.0 Å². The van der Waals surface area contributed by atoms with Crippen LogP contribution in [0.5, 0.6) is 11.5 Å². The van der Waals surface area contributed by atoms with Gasteiger partial charge in [0.1, 0.15) is 0 Å². The van der Waals surface area contributed by atoms with Crippen molar-refractivity contribution in [1.82, 2.24) is 4.90 Å². The van der Waals surface area contributed by atoms with Crippen molar-refractivity contribution in [1.29, 1.82) is 0 Å². The number of carbonyl (C=O) groups excluding carboxylic acids is 1. The summed E-state index contributed by atoms with van der Waals surface area (Å²) in [6.45, 7) is 9.04. The molecular formula is C20H29NO4. The highest BCUT2D eigenvalue weighted by atomic mass is 16.7. The monoisotopic (exact) mass is 347 g/mol. The molecule has 138 valence electrons. The molecule has 0 bridgehead atoms. The lowest BCUT2D eigenvalue weighted by Crippen LogP contribution is -2.50. The average molecular weight is 347 g/mol. The summed E-state index contributed by atoms with van der Waals surface area (Å²) in [6.07, 6.45) is 2.46. The van der Waals surface area contributed by atoms with E-state index in [1.807, 2.05) is 11.0 Å². The van der Waals surface area contributed by atoms with E-state index in [2.05, 4.69) is 32.9 Å². The lowest BCUT2D eigenvalue weighted by molar-refractivity contribution is -0.139. The number of rotatable bonds is 6. The Morgan fingerprint density at radius 1 is 1.28 bits per heavy atom. The minimum Gasteiger partial charge on any atom is -0.454 e. The van der Waals surface area contributed by atoms with Gasteiger partial charge in [-0.2, -0.15) is 0 Å². The number of ether oxygens (including phenoxy) is 3. The number of nitrogens with zero attached hydrogens (tertiary/aromatic N) is 1. The second-order valence-electron chi connectivity index (χ2n) is 8.52. The first-order valence-electron chi connectivity index (χ1n) is 8.96. The zero-order valence-electron chi connectivity index (χ0n) is 15.8. The molecule has 2 aliphatic rings. The third kappa shape index (κ3) is 4.27. The Morgan fingerprint density at radius 2 is 2.04 bits per heavy atom. The number of likely N-dealkylation sites (tertiary alicyclic amines) is 1. The van der Waals surface area contributed by atoms with Crippen LogP contribution in [0.3, 0.4) is 0 Å². The molecule has 5 nitrogen and oxygen atoms in total. The van der Waals surface area contributed by atoms with Gasteiger partial charge in [-0.05, 0) is 36.0 Å². The Balaban J connectivity index is 1.69. The van der Waals surface area contributed by atoms with Gasteiger partial charge < -0.3 is 19.1 Å². The normalized spacial score (nSPS) is 23.2. The molecule has 1 aromatic rings. The molecule has 2 aliphatic heterocycles. The first-order chi connectivity index (χ1) is 11.8. The summed E-state index contributed by atoms with van der Waals surface area (Å²) in [6, 6.07) is 6.16. The van der Waals surface area contributed by atoms with Crippen LogP contribution >= 0.6 is 0 Å². The number of benzene rings is 1. The SMILES string of the molecule is COCC(C)(C)CN1C[C@@](C)(Cc2ccc3c(c2)OCO3)CCC1=O. The maximum Gasteiger partial charge on any atom is 0.231 e. The molecule has 0 saturated carbocycles. The van der Waals surface area contributed by atoms with Gasteiger partial charge >= 0.3 is 0 Å². The van der Waals surface area contributed by atoms with Crippen LogP contribution in [0.15, 0.2) is 18.2 Å². The van der Waals surface area contributed by atoms with Crippen LogP contribution in [-0.4, -0.2) is 44.4 Å². The Labute approximate surface area is 150 Å². The number of carbonyl (C=O) groups is 1. The van der Waals surface area contributed by atoms with E-state index in [4.69, 9.17) is 14.2 Å². The number of hydrogen-bond donors (Lipinski definition) is 0. The molecule has 1 amide bonds. The largest absolute Gasteiger partial charge is 0.454 e. The van der Waals surface area contributed by atoms with Gasteiger partial charge in [0.2, 0.25) is 12.7 Å². The molecule has 5 heteroatoms. The predicted molar refractivity (Wildman–Crippen MR) is 95.8 cm³/mol. The molecule has 1 aromatic carbocycles. The van der Waals surface area contributed by atoms with Crippen LogP contribution in [0.4, 0.5) is 0 Å². The lowest BCUT2D eigenvalue weighted by Gasteiger charge is -2.43. The summed E-state index contributed by atoms with van der Waals surface area (Å²) in [5.41, 5.74) is 1.27. The van der Waals surface area contributed by atoms with E-state index in [0.717, 1.165) is 37.4 Å². The van der Waals surface area contributed by atoms with Crippen molar-refractivity contribution in [3.05, 3.63) is 23.8 Å². The Kier molecular flexibility index (Phi) is 4.96. The summed E-state index contributed by atoms with van der Waals surface area (Å²) in [5.74, 6) is 1.90. The van der Waals surface area contributed by atoms with Crippen LogP contribution in [0, 0.1) is 10.8 Å². The third-order valence-corrected chi connectivity index (χ3v) is 5.09. The minimum absolute atomic E-state index is 0.0403. The second-order valence-corrected chi connectivity index (χ2v) is 8.52. The first kappa shape index (κ1) is 18.1. The fraction of sp³-hybridized carbons (Fsp3) is 0.650. The number of methoxy groups -OCH3 is 1. The number of hydrogen-bond acceptors (Lipinski definition) is 4. The Bertz CT molecular complexity index is 643. The van der Waals surface area contributed by atoms with Gasteiger partial charge in [-0.3, -0.25) is 4.79 Å². The van der Waals surface area contributed by atoms with Gasteiger partial charge in [0, 0.05) is 32.0 Å². The average Bonchev–Trinajstić information content (AvgIpc) is 2.98. The van der Waals surface area contributed by atoms with Crippen molar-refractivity contribution in [3.63, 3.8) is 0 Å². The number of amides is 1. The van der Waals surface area contributed by atoms with Crippen molar-refractivity contribution in [3.8, 4) is 11.5 Å². The Morgan fingerprint density at radius 3 is 2.80 bits per heavy atom. The molecule has 2 heterocycles. The van der Waals surface area contributed by atoms with Gasteiger partial charge in [-0.1, -0.05) is 26.8 Å². The van der Waals surface area contributed by atoms with E-state index in [9.17, 15) is 4.79 Å². The fourth-order valence-electron chi connectivity index (χ4n) is 3.98. The molecular weight excluding hydrogens is 318 g/mol. The van der Waals surface area contributed by atoms with E-state index in [1.54, 1.807) is 7.11 Å². The molecule has 1 fully saturated rings. The summed E-state index contributed by atoms with van der Waals surface area (Å²) in [7, 11) is 1.71.